The number of aromatic nitrogens is 1. The van der Waals surface area contributed by atoms with Crippen LogP contribution in [0.25, 0.3) is 10.8 Å². The molecule has 0 amide bonds. The number of rotatable bonds is 3. The molecule has 0 bridgehead atoms. The second-order valence-corrected chi connectivity index (χ2v) is 6.02. The van der Waals surface area contributed by atoms with Gasteiger partial charge in [-0.2, -0.15) is 0 Å². The lowest BCUT2D eigenvalue weighted by Crippen LogP contribution is -2.39. The first-order valence-electron chi connectivity index (χ1n) is 8.28. The van der Waals surface area contributed by atoms with E-state index < -0.39 is 0 Å². The van der Waals surface area contributed by atoms with E-state index in [0.29, 0.717) is 19.0 Å². The quantitative estimate of drug-likeness (QED) is 0.804. The Morgan fingerprint density at radius 1 is 0.958 bits per heavy atom. The van der Waals surface area contributed by atoms with Crippen molar-refractivity contribution in [2.75, 3.05) is 26.3 Å². The molecule has 1 aliphatic rings. The van der Waals surface area contributed by atoms with Crippen LogP contribution in [-0.4, -0.2) is 41.3 Å². The molecule has 1 N–H and O–H groups in total. The molecule has 1 fully saturated rings. The number of fused-ring (bicyclic) bond motifs is 1. The summed E-state index contributed by atoms with van der Waals surface area (Å²) in [6.07, 6.45) is 1.81. The highest BCUT2D eigenvalue weighted by Gasteiger charge is 2.28. The SMILES string of the molecule is Oc1ccc2ccccc2c1C(c1ccccn1)N1CCOCC1. The van der Waals surface area contributed by atoms with Crippen LogP contribution >= 0.6 is 0 Å². The van der Waals surface area contributed by atoms with Gasteiger partial charge in [-0.05, 0) is 29.0 Å². The summed E-state index contributed by atoms with van der Waals surface area (Å²) in [6.45, 7) is 3.05. The minimum absolute atomic E-state index is 0.0822. The maximum Gasteiger partial charge on any atom is 0.121 e. The molecule has 2 heterocycles. The molecule has 1 atom stereocenters. The monoisotopic (exact) mass is 320 g/mol. The van der Waals surface area contributed by atoms with Gasteiger partial charge in [0.1, 0.15) is 5.75 Å². The van der Waals surface area contributed by atoms with Crippen LogP contribution in [0.1, 0.15) is 17.3 Å². The number of ether oxygens (including phenoxy) is 1. The van der Waals surface area contributed by atoms with Crippen molar-refractivity contribution in [1.29, 1.82) is 0 Å². The number of morpholine rings is 1. The van der Waals surface area contributed by atoms with Crippen LogP contribution < -0.4 is 0 Å². The van der Waals surface area contributed by atoms with E-state index in [1.165, 1.54) is 0 Å². The second kappa shape index (κ2) is 6.59. The van der Waals surface area contributed by atoms with E-state index in [4.69, 9.17) is 4.74 Å². The van der Waals surface area contributed by atoms with Gasteiger partial charge in [-0.15, -0.1) is 0 Å². The Bertz CT molecular complexity index is 829. The van der Waals surface area contributed by atoms with Gasteiger partial charge >= 0.3 is 0 Å². The molecule has 1 aromatic heterocycles. The Hall–Kier alpha value is -2.43. The summed E-state index contributed by atoms with van der Waals surface area (Å²) in [6, 6.07) is 17.8. The molecule has 1 aliphatic heterocycles. The number of pyridine rings is 1. The van der Waals surface area contributed by atoms with Gasteiger partial charge in [-0.3, -0.25) is 9.88 Å². The fourth-order valence-corrected chi connectivity index (χ4v) is 3.46. The Morgan fingerprint density at radius 3 is 2.54 bits per heavy atom. The summed E-state index contributed by atoms with van der Waals surface area (Å²) >= 11 is 0. The molecule has 24 heavy (non-hydrogen) atoms. The Kier molecular flexibility index (Phi) is 4.15. The van der Waals surface area contributed by atoms with Crippen molar-refractivity contribution in [1.82, 2.24) is 9.88 Å². The average molecular weight is 320 g/mol. The van der Waals surface area contributed by atoms with Crippen molar-refractivity contribution >= 4 is 10.8 Å². The fourth-order valence-electron chi connectivity index (χ4n) is 3.46. The van der Waals surface area contributed by atoms with Crippen molar-refractivity contribution in [2.45, 2.75) is 6.04 Å². The first-order chi connectivity index (χ1) is 11.8. The van der Waals surface area contributed by atoms with Gasteiger partial charge in [0.25, 0.3) is 0 Å². The van der Waals surface area contributed by atoms with Crippen molar-refractivity contribution in [3.63, 3.8) is 0 Å². The van der Waals surface area contributed by atoms with Crippen molar-refractivity contribution in [3.8, 4) is 5.75 Å². The zero-order valence-electron chi connectivity index (χ0n) is 13.4. The second-order valence-electron chi connectivity index (χ2n) is 6.02. The van der Waals surface area contributed by atoms with E-state index in [2.05, 4.69) is 22.0 Å². The maximum atomic E-state index is 10.7. The molecule has 1 unspecified atom stereocenters. The summed E-state index contributed by atoms with van der Waals surface area (Å²) in [5.41, 5.74) is 1.87. The normalized spacial score (nSPS) is 17.0. The van der Waals surface area contributed by atoms with E-state index >= 15 is 0 Å². The third-order valence-electron chi connectivity index (χ3n) is 4.60. The van der Waals surface area contributed by atoms with Crippen molar-refractivity contribution in [3.05, 3.63) is 72.1 Å². The predicted octanol–water partition coefficient (Wildman–Crippen LogP) is 3.36. The van der Waals surface area contributed by atoms with E-state index in [1.54, 1.807) is 6.07 Å². The number of nitrogens with zero attached hydrogens (tertiary/aromatic N) is 2. The van der Waals surface area contributed by atoms with Crippen LogP contribution in [0.15, 0.2) is 60.8 Å². The zero-order valence-corrected chi connectivity index (χ0v) is 13.4. The van der Waals surface area contributed by atoms with Gasteiger partial charge in [0.2, 0.25) is 0 Å². The van der Waals surface area contributed by atoms with Crippen LogP contribution in [0.3, 0.4) is 0 Å². The number of hydrogen-bond donors (Lipinski definition) is 1. The number of aromatic hydroxyl groups is 1. The van der Waals surface area contributed by atoms with E-state index in [1.807, 2.05) is 42.6 Å². The topological polar surface area (TPSA) is 45.6 Å². The fraction of sp³-hybridized carbons (Fsp3) is 0.250. The Labute approximate surface area is 141 Å². The molecule has 4 rings (SSSR count). The minimum Gasteiger partial charge on any atom is -0.508 e. The molecule has 0 aliphatic carbocycles. The summed E-state index contributed by atoms with van der Waals surface area (Å²) in [7, 11) is 0. The van der Waals surface area contributed by atoms with Gasteiger partial charge < -0.3 is 9.84 Å². The first-order valence-corrected chi connectivity index (χ1v) is 8.28. The predicted molar refractivity (Wildman–Crippen MR) is 94.1 cm³/mol. The molecule has 0 spiro atoms. The van der Waals surface area contributed by atoms with Crippen molar-refractivity contribution < 1.29 is 9.84 Å². The third kappa shape index (κ3) is 2.75. The first kappa shape index (κ1) is 15.1. The highest BCUT2D eigenvalue weighted by atomic mass is 16.5. The van der Waals surface area contributed by atoms with Crippen LogP contribution in [0, 0.1) is 0 Å². The van der Waals surface area contributed by atoms with E-state index in [0.717, 1.165) is 35.1 Å². The van der Waals surface area contributed by atoms with Crippen LogP contribution in [0.4, 0.5) is 0 Å². The number of phenols is 1. The molecule has 1 saturated heterocycles. The van der Waals surface area contributed by atoms with Gasteiger partial charge in [-0.25, -0.2) is 0 Å². The Balaban J connectivity index is 1.92. The number of hydrogen-bond acceptors (Lipinski definition) is 4. The lowest BCUT2D eigenvalue weighted by atomic mass is 9.94. The smallest absolute Gasteiger partial charge is 0.121 e. The molecule has 0 radical (unpaired) electrons. The standard InChI is InChI=1S/C20H20N2O2/c23-18-9-8-15-5-1-2-6-16(15)19(18)20(17-7-3-4-10-21-17)22-11-13-24-14-12-22/h1-10,20,23H,11-14H2. The maximum absolute atomic E-state index is 10.7. The van der Waals surface area contributed by atoms with Crippen LogP contribution in [0.5, 0.6) is 5.75 Å². The zero-order chi connectivity index (χ0) is 16.4. The van der Waals surface area contributed by atoms with Gasteiger partial charge in [0.15, 0.2) is 0 Å². The summed E-state index contributed by atoms with van der Waals surface area (Å²) < 4.78 is 5.51. The summed E-state index contributed by atoms with van der Waals surface area (Å²) in [4.78, 5) is 6.93. The van der Waals surface area contributed by atoms with E-state index in [9.17, 15) is 5.11 Å². The number of phenolic OH excluding ortho intramolecular Hbond substituents is 1. The van der Waals surface area contributed by atoms with Crippen LogP contribution in [-0.2, 0) is 4.74 Å². The van der Waals surface area contributed by atoms with Gasteiger partial charge in [0.05, 0.1) is 24.9 Å². The van der Waals surface area contributed by atoms with Gasteiger partial charge in [0, 0.05) is 24.8 Å². The highest BCUT2D eigenvalue weighted by Crippen LogP contribution is 2.38. The largest absolute Gasteiger partial charge is 0.508 e. The molecule has 2 aromatic carbocycles. The van der Waals surface area contributed by atoms with Crippen molar-refractivity contribution in [2.24, 2.45) is 0 Å². The molecule has 122 valence electrons. The third-order valence-corrected chi connectivity index (χ3v) is 4.60. The van der Waals surface area contributed by atoms with Gasteiger partial charge in [-0.1, -0.05) is 36.4 Å². The average Bonchev–Trinajstić information content (AvgIpc) is 2.66. The summed E-state index contributed by atoms with van der Waals surface area (Å²) in [5.74, 6) is 0.316. The minimum atomic E-state index is -0.0822. The molecule has 0 saturated carbocycles. The lowest BCUT2D eigenvalue weighted by molar-refractivity contribution is 0.0231. The molecule has 3 aromatic rings. The molecule has 4 nitrogen and oxygen atoms in total. The lowest BCUT2D eigenvalue weighted by Gasteiger charge is -2.35. The molecule has 4 heteroatoms. The Morgan fingerprint density at radius 2 is 1.75 bits per heavy atom. The van der Waals surface area contributed by atoms with E-state index in [-0.39, 0.29) is 6.04 Å². The number of benzene rings is 2. The highest BCUT2D eigenvalue weighted by molar-refractivity contribution is 5.88. The molecular weight excluding hydrogens is 300 g/mol. The summed E-state index contributed by atoms with van der Waals surface area (Å²) in [5, 5.41) is 12.9. The molecular formula is C20H20N2O2. The van der Waals surface area contributed by atoms with Crippen LogP contribution in [0.2, 0.25) is 0 Å².